The van der Waals surface area contributed by atoms with Crippen molar-refractivity contribution in [2.75, 3.05) is 6.61 Å². The number of nitrogens with zero attached hydrogens (tertiary/aromatic N) is 1. The predicted octanol–water partition coefficient (Wildman–Crippen LogP) is 4.34. The van der Waals surface area contributed by atoms with Crippen molar-refractivity contribution in [1.29, 1.82) is 0 Å². The lowest BCUT2D eigenvalue weighted by molar-refractivity contribution is -0.132. The lowest BCUT2D eigenvalue weighted by Gasteiger charge is -2.28. The molecular formula is C24H35N3O4. The number of ether oxygens (including phenoxy) is 1. The molecule has 1 aromatic rings. The first kappa shape index (κ1) is 24.4. The maximum atomic E-state index is 12.8. The van der Waals surface area contributed by atoms with Crippen LogP contribution in [0.1, 0.15) is 65.7 Å². The van der Waals surface area contributed by atoms with Crippen LogP contribution in [-0.2, 0) is 9.59 Å². The summed E-state index contributed by atoms with van der Waals surface area (Å²) in [7, 11) is 0. The number of amides is 1. The van der Waals surface area contributed by atoms with Gasteiger partial charge in [-0.15, -0.1) is 0 Å². The number of allylic oxidation sites excluding steroid dienone is 1. The molecule has 0 heterocycles. The van der Waals surface area contributed by atoms with E-state index in [4.69, 9.17) is 15.6 Å². The Bertz CT molecular complexity index is 818. The van der Waals surface area contributed by atoms with Crippen molar-refractivity contribution < 1.29 is 19.4 Å². The van der Waals surface area contributed by atoms with Gasteiger partial charge in [-0.25, -0.2) is 4.79 Å². The molecular weight excluding hydrogens is 394 g/mol. The second-order valence-corrected chi connectivity index (χ2v) is 8.85. The second-order valence-electron chi connectivity index (χ2n) is 8.85. The Morgan fingerprint density at radius 2 is 1.87 bits per heavy atom. The highest BCUT2D eigenvalue weighted by Crippen LogP contribution is 2.24. The summed E-state index contributed by atoms with van der Waals surface area (Å²) in [6.45, 7) is 5.49. The summed E-state index contributed by atoms with van der Waals surface area (Å²) in [5.74, 6) is -0.568. The number of carbonyl (C=O) groups excluding carboxylic acids is 1. The fraction of sp³-hybridized carbons (Fsp3) is 0.542. The summed E-state index contributed by atoms with van der Waals surface area (Å²) in [5.41, 5.74) is 5.56. The van der Waals surface area contributed by atoms with Crippen LogP contribution in [0.15, 0.2) is 40.5 Å². The lowest BCUT2D eigenvalue weighted by Crippen LogP contribution is -2.45. The molecule has 0 saturated heterocycles. The summed E-state index contributed by atoms with van der Waals surface area (Å²) >= 11 is 0. The van der Waals surface area contributed by atoms with Gasteiger partial charge in [0.1, 0.15) is 12.4 Å². The number of carboxylic acid groups (broad SMARTS) is 1. The van der Waals surface area contributed by atoms with Crippen molar-refractivity contribution in [2.24, 2.45) is 16.1 Å². The van der Waals surface area contributed by atoms with Crippen LogP contribution in [0.2, 0.25) is 0 Å². The quantitative estimate of drug-likeness (QED) is 0.420. The van der Waals surface area contributed by atoms with Gasteiger partial charge in [0.15, 0.2) is 0 Å². The van der Waals surface area contributed by atoms with E-state index < -0.39 is 11.4 Å². The van der Waals surface area contributed by atoms with Crippen molar-refractivity contribution in [2.45, 2.75) is 71.8 Å². The molecule has 4 N–H and O–H groups in total. The Balaban J connectivity index is 1.96. The zero-order valence-electron chi connectivity index (χ0n) is 18.8. The minimum absolute atomic E-state index is 0.00177. The third kappa shape index (κ3) is 8.07. The largest absolute Gasteiger partial charge is 0.492 e. The molecule has 1 aromatic carbocycles. The molecule has 170 valence electrons. The van der Waals surface area contributed by atoms with E-state index in [2.05, 4.69) is 10.3 Å². The van der Waals surface area contributed by atoms with E-state index in [9.17, 15) is 9.59 Å². The van der Waals surface area contributed by atoms with E-state index in [1.165, 1.54) is 32.4 Å². The van der Waals surface area contributed by atoms with Gasteiger partial charge < -0.3 is 20.9 Å². The topological polar surface area (TPSA) is 114 Å². The van der Waals surface area contributed by atoms with Gasteiger partial charge in [0.05, 0.1) is 16.7 Å². The van der Waals surface area contributed by atoms with Crippen LogP contribution in [-0.4, -0.2) is 35.8 Å². The van der Waals surface area contributed by atoms with Crippen LogP contribution in [0.25, 0.3) is 0 Å². The number of benzene rings is 1. The van der Waals surface area contributed by atoms with Crippen LogP contribution >= 0.6 is 0 Å². The Hall–Kier alpha value is -2.83. The molecule has 2 rings (SSSR count). The minimum Gasteiger partial charge on any atom is -0.492 e. The Morgan fingerprint density at radius 3 is 2.48 bits per heavy atom. The number of aliphatic imine (C=N–C) groups is 1. The average molecular weight is 430 g/mol. The molecule has 0 radical (unpaired) electrons. The molecule has 0 spiro atoms. The van der Waals surface area contributed by atoms with E-state index in [0.29, 0.717) is 11.4 Å². The minimum atomic E-state index is -1.13. The zero-order valence-corrected chi connectivity index (χ0v) is 18.8. The fourth-order valence-corrected chi connectivity index (χ4v) is 3.43. The molecule has 1 saturated carbocycles. The van der Waals surface area contributed by atoms with E-state index in [0.717, 1.165) is 25.7 Å². The molecule has 0 unspecified atom stereocenters. The second kappa shape index (κ2) is 11.5. The molecule has 1 fully saturated rings. The van der Waals surface area contributed by atoms with Gasteiger partial charge in [-0.1, -0.05) is 38.2 Å². The summed E-state index contributed by atoms with van der Waals surface area (Å²) in [5, 5.41) is 12.4. The van der Waals surface area contributed by atoms with Gasteiger partial charge in [-0.3, -0.25) is 9.79 Å². The number of carboxylic acids is 1. The molecule has 1 amide bonds. The van der Waals surface area contributed by atoms with Crippen LogP contribution in [0.5, 0.6) is 5.75 Å². The Labute approximate surface area is 184 Å². The summed E-state index contributed by atoms with van der Waals surface area (Å²) in [6, 6.07) is 7.23. The third-order valence-electron chi connectivity index (χ3n) is 5.47. The van der Waals surface area contributed by atoms with E-state index in [1.54, 1.807) is 24.3 Å². The fourth-order valence-electron chi connectivity index (χ4n) is 3.43. The number of carbonyl (C=O) groups is 2. The van der Waals surface area contributed by atoms with Crippen LogP contribution < -0.4 is 15.8 Å². The molecule has 0 aliphatic heterocycles. The van der Waals surface area contributed by atoms with E-state index in [-0.39, 0.29) is 29.8 Å². The number of aliphatic carboxylic acids is 1. The number of nitrogens with two attached hydrogens (primary N) is 1. The number of hydrogen-bond acceptors (Lipinski definition) is 5. The van der Waals surface area contributed by atoms with Crippen LogP contribution in [0.3, 0.4) is 0 Å². The van der Waals surface area contributed by atoms with Crippen molar-refractivity contribution in [3.63, 3.8) is 0 Å². The Kier molecular flexibility index (Phi) is 9.09. The number of hydrogen-bond donors (Lipinski definition) is 3. The standard InChI is InChI=1S/C24H35N3O4/c1-17(25)21(22(28)29)15-26-19-12-9-13-20(14-19)31-16-24(2,3)23(30)27-18-10-7-5-4-6-8-11-18/h9,12-15,18H,4-8,10-11,16,25H2,1-3H3,(H,27,30)(H,28,29)/b21-17-,26-15?. The summed E-state index contributed by atoms with van der Waals surface area (Å²) in [6.07, 6.45) is 9.41. The first-order chi connectivity index (χ1) is 14.7. The van der Waals surface area contributed by atoms with Gasteiger partial charge in [-0.05, 0) is 45.7 Å². The highest BCUT2D eigenvalue weighted by atomic mass is 16.5. The maximum absolute atomic E-state index is 12.8. The molecule has 1 aliphatic rings. The average Bonchev–Trinajstić information content (AvgIpc) is 2.68. The van der Waals surface area contributed by atoms with Gasteiger partial charge in [0.25, 0.3) is 0 Å². The summed E-state index contributed by atoms with van der Waals surface area (Å²) in [4.78, 5) is 28.2. The molecule has 7 nitrogen and oxygen atoms in total. The van der Waals surface area contributed by atoms with Crippen LogP contribution in [0.4, 0.5) is 5.69 Å². The Morgan fingerprint density at radius 1 is 1.23 bits per heavy atom. The van der Waals surface area contributed by atoms with Gasteiger partial charge in [0, 0.05) is 24.0 Å². The van der Waals surface area contributed by atoms with Crippen LogP contribution in [0, 0.1) is 5.41 Å². The first-order valence-corrected chi connectivity index (χ1v) is 11.0. The van der Waals surface area contributed by atoms with Crippen molar-refractivity contribution >= 4 is 23.8 Å². The molecule has 1 aliphatic carbocycles. The smallest absolute Gasteiger partial charge is 0.339 e. The zero-order chi connectivity index (χ0) is 22.9. The SMILES string of the molecule is C/C(N)=C(\C=Nc1cccc(OCC(C)(C)C(=O)NC2CCCCCCC2)c1)C(=O)O. The number of nitrogens with one attached hydrogen (secondary N) is 1. The van der Waals surface area contributed by atoms with Gasteiger partial charge in [-0.2, -0.15) is 0 Å². The molecule has 7 heteroatoms. The number of rotatable bonds is 8. The first-order valence-electron chi connectivity index (χ1n) is 11.0. The van der Waals surface area contributed by atoms with Crippen molar-refractivity contribution in [3.05, 3.63) is 35.5 Å². The van der Waals surface area contributed by atoms with Crippen molar-refractivity contribution in [3.8, 4) is 5.75 Å². The van der Waals surface area contributed by atoms with Gasteiger partial charge in [0.2, 0.25) is 5.91 Å². The molecule has 0 aromatic heterocycles. The highest BCUT2D eigenvalue weighted by molar-refractivity contribution is 6.09. The molecule has 0 bridgehead atoms. The van der Waals surface area contributed by atoms with E-state index in [1.807, 2.05) is 13.8 Å². The van der Waals surface area contributed by atoms with Crippen molar-refractivity contribution in [1.82, 2.24) is 5.32 Å². The molecule has 0 atom stereocenters. The highest BCUT2D eigenvalue weighted by Gasteiger charge is 2.30. The monoisotopic (exact) mass is 429 g/mol. The maximum Gasteiger partial charge on any atom is 0.339 e. The van der Waals surface area contributed by atoms with E-state index >= 15 is 0 Å². The normalized spacial score (nSPS) is 16.9. The molecule has 31 heavy (non-hydrogen) atoms. The van der Waals surface area contributed by atoms with Gasteiger partial charge >= 0.3 is 5.97 Å². The lowest BCUT2D eigenvalue weighted by atomic mass is 9.91. The third-order valence-corrected chi connectivity index (χ3v) is 5.47. The summed E-state index contributed by atoms with van der Waals surface area (Å²) < 4.78 is 5.88. The predicted molar refractivity (Wildman–Crippen MR) is 123 cm³/mol.